The highest BCUT2D eigenvalue weighted by atomic mass is 79.9. The van der Waals surface area contributed by atoms with Crippen LogP contribution in [0.2, 0.25) is 0 Å². The summed E-state index contributed by atoms with van der Waals surface area (Å²) in [5.41, 5.74) is 4.94. The average Bonchev–Trinajstić information content (AvgIpc) is 3.24. The molecule has 1 unspecified atom stereocenters. The average molecular weight is 854 g/mol. The van der Waals surface area contributed by atoms with Gasteiger partial charge in [-0.2, -0.15) is 4.98 Å². The van der Waals surface area contributed by atoms with Gasteiger partial charge in [0.15, 0.2) is 0 Å². The van der Waals surface area contributed by atoms with Crippen LogP contribution in [0.25, 0.3) is 0 Å². The summed E-state index contributed by atoms with van der Waals surface area (Å²) < 4.78 is 6.41. The van der Waals surface area contributed by atoms with E-state index in [1.165, 1.54) is 5.56 Å². The van der Waals surface area contributed by atoms with E-state index in [9.17, 15) is 19.2 Å². The number of carbonyl (C=O) groups is 4. The van der Waals surface area contributed by atoms with E-state index in [4.69, 9.17) is 4.74 Å². The molecule has 3 aromatic carbocycles. The number of amides is 4. The molecule has 16 heteroatoms. The van der Waals surface area contributed by atoms with E-state index in [1.807, 2.05) is 60.4 Å². The lowest BCUT2D eigenvalue weighted by molar-refractivity contribution is -0.134. The number of para-hydroxylation sites is 1. The zero-order chi connectivity index (χ0) is 40.6. The summed E-state index contributed by atoms with van der Waals surface area (Å²) >= 11 is 3.52. The van der Waals surface area contributed by atoms with Crippen molar-refractivity contribution < 1.29 is 23.9 Å². The van der Waals surface area contributed by atoms with Crippen LogP contribution in [-0.2, 0) is 14.4 Å². The lowest BCUT2D eigenvalue weighted by atomic mass is 9.89. The Labute approximate surface area is 346 Å². The zero-order valence-electron chi connectivity index (χ0n) is 32.7. The number of rotatable bonds is 13. The molecule has 0 saturated carbocycles. The summed E-state index contributed by atoms with van der Waals surface area (Å²) in [6.07, 6.45) is 4.44. The minimum absolute atomic E-state index is 0.162. The van der Waals surface area contributed by atoms with Crippen molar-refractivity contribution in [3.63, 3.8) is 0 Å². The number of likely N-dealkylation sites (tertiary alicyclic amines) is 1. The number of benzene rings is 3. The topological polar surface area (TPSA) is 173 Å². The first kappa shape index (κ1) is 40.5. The van der Waals surface area contributed by atoms with Crippen molar-refractivity contribution in [1.29, 1.82) is 0 Å². The number of anilines is 6. The van der Waals surface area contributed by atoms with Crippen molar-refractivity contribution in [1.82, 2.24) is 30.4 Å². The number of piperidine rings is 2. The molecule has 0 spiro atoms. The van der Waals surface area contributed by atoms with Gasteiger partial charge in [0.1, 0.15) is 17.6 Å². The number of piperazine rings is 1. The summed E-state index contributed by atoms with van der Waals surface area (Å²) in [6, 6.07) is 21.0. The van der Waals surface area contributed by atoms with Crippen LogP contribution in [0.5, 0.6) is 5.75 Å². The molecule has 3 aliphatic rings. The van der Waals surface area contributed by atoms with E-state index in [-0.39, 0.29) is 23.6 Å². The summed E-state index contributed by atoms with van der Waals surface area (Å²) in [4.78, 5) is 65.2. The minimum atomic E-state index is -0.400. The van der Waals surface area contributed by atoms with Gasteiger partial charge in [0, 0.05) is 62.8 Å². The van der Waals surface area contributed by atoms with Gasteiger partial charge in [-0.25, -0.2) is 4.98 Å². The quantitative estimate of drug-likeness (QED) is 0.111. The predicted molar refractivity (Wildman–Crippen MR) is 227 cm³/mol. The molecular weight excluding hydrogens is 804 g/mol. The third kappa shape index (κ3) is 9.85. The third-order valence-electron chi connectivity index (χ3n) is 10.8. The SMILES string of the molecule is CCNC(=O)c1ccccc1Nc1nc(Nc2ccc(N3CCN(C(=O)CN4CCC(c5ccc(NC6CCC(=O)NC6=O)cc5)CC4)CC3)cc2OC)ncc1Br. The van der Waals surface area contributed by atoms with Crippen molar-refractivity contribution in [2.75, 3.05) is 80.3 Å². The molecule has 3 saturated heterocycles. The fourth-order valence-corrected chi connectivity index (χ4v) is 7.89. The van der Waals surface area contributed by atoms with E-state index in [2.05, 4.69) is 74.4 Å². The van der Waals surface area contributed by atoms with Crippen LogP contribution in [-0.4, -0.2) is 109 Å². The Balaban J connectivity index is 0.878. The van der Waals surface area contributed by atoms with Crippen LogP contribution in [0, 0.1) is 0 Å². The highest BCUT2D eigenvalue weighted by molar-refractivity contribution is 9.10. The molecule has 4 amide bonds. The lowest BCUT2D eigenvalue weighted by Crippen LogP contribution is -2.51. The van der Waals surface area contributed by atoms with Crippen molar-refractivity contribution in [3.8, 4) is 5.75 Å². The molecule has 304 valence electrons. The van der Waals surface area contributed by atoms with Gasteiger partial charge >= 0.3 is 0 Å². The normalized spacial score (nSPS) is 17.7. The maximum absolute atomic E-state index is 13.4. The monoisotopic (exact) mass is 852 g/mol. The predicted octanol–water partition coefficient (Wildman–Crippen LogP) is 5.23. The fraction of sp³-hybridized carbons (Fsp3) is 0.381. The molecule has 1 atom stereocenters. The van der Waals surface area contributed by atoms with Crippen LogP contribution < -0.4 is 36.2 Å². The second-order valence-corrected chi connectivity index (χ2v) is 15.5. The number of nitrogens with zero attached hydrogens (tertiary/aromatic N) is 5. The van der Waals surface area contributed by atoms with Gasteiger partial charge in [0.25, 0.3) is 5.91 Å². The lowest BCUT2D eigenvalue weighted by Gasteiger charge is -2.38. The molecule has 7 rings (SSSR count). The number of carbonyl (C=O) groups excluding carboxylic acids is 4. The Hall–Kier alpha value is -5.74. The number of methoxy groups -OCH3 is 1. The summed E-state index contributed by atoms with van der Waals surface area (Å²) in [6.45, 7) is 7.25. The molecule has 0 bridgehead atoms. The Morgan fingerprint density at radius 3 is 2.40 bits per heavy atom. The maximum atomic E-state index is 13.4. The minimum Gasteiger partial charge on any atom is -0.494 e. The molecule has 3 fully saturated rings. The standard InChI is InChI=1S/C42H49BrN10O5/c1-3-44-40(56)31-6-4-5-7-33(31)47-39-32(43)25-45-42(50-39)48-34-13-12-30(24-36(34)58-2)52-20-22-53(23-21-52)38(55)26-51-18-16-28(17-19-51)27-8-10-29(11-9-27)46-35-14-15-37(54)49-41(35)57/h4-13,24-25,28,35,46H,3,14-23,26H2,1-2H3,(H,44,56)(H,49,54,57)(H2,45,47,48,50). The highest BCUT2D eigenvalue weighted by Crippen LogP contribution is 2.34. The number of imide groups is 1. The summed E-state index contributed by atoms with van der Waals surface area (Å²) in [5.74, 6) is 1.38. The number of ether oxygens (including phenoxy) is 1. The van der Waals surface area contributed by atoms with Gasteiger partial charge in [-0.05, 0) is 103 Å². The molecule has 4 aromatic rings. The van der Waals surface area contributed by atoms with Gasteiger partial charge in [0.2, 0.25) is 23.7 Å². The molecule has 0 radical (unpaired) electrons. The Morgan fingerprint density at radius 2 is 1.67 bits per heavy atom. The fourth-order valence-electron chi connectivity index (χ4n) is 7.60. The second-order valence-electron chi connectivity index (χ2n) is 14.6. The van der Waals surface area contributed by atoms with Crippen LogP contribution >= 0.6 is 15.9 Å². The molecule has 0 aliphatic carbocycles. The number of hydrogen-bond donors (Lipinski definition) is 5. The van der Waals surface area contributed by atoms with Crippen molar-refractivity contribution in [3.05, 3.63) is 88.5 Å². The Kier molecular flexibility index (Phi) is 13.0. The van der Waals surface area contributed by atoms with Crippen LogP contribution in [0.3, 0.4) is 0 Å². The zero-order valence-corrected chi connectivity index (χ0v) is 34.3. The Bertz CT molecular complexity index is 2120. The van der Waals surface area contributed by atoms with Crippen LogP contribution in [0.1, 0.15) is 54.4 Å². The van der Waals surface area contributed by atoms with Gasteiger partial charge < -0.3 is 35.8 Å². The van der Waals surface area contributed by atoms with E-state index in [0.29, 0.717) is 97.0 Å². The van der Waals surface area contributed by atoms with E-state index >= 15 is 0 Å². The van der Waals surface area contributed by atoms with Crippen LogP contribution in [0.15, 0.2) is 77.4 Å². The van der Waals surface area contributed by atoms with Gasteiger partial charge in [-0.3, -0.25) is 29.4 Å². The summed E-state index contributed by atoms with van der Waals surface area (Å²) in [5, 5.41) is 15.0. The number of aromatic nitrogens is 2. The molecular formula is C42H49BrN10O5. The number of nitrogens with one attached hydrogen (secondary N) is 5. The van der Waals surface area contributed by atoms with E-state index in [0.717, 1.165) is 37.3 Å². The first-order valence-corrected chi connectivity index (χ1v) is 20.5. The molecule has 58 heavy (non-hydrogen) atoms. The number of halogens is 1. The molecule has 15 nitrogen and oxygen atoms in total. The second kappa shape index (κ2) is 18.7. The smallest absolute Gasteiger partial charge is 0.253 e. The number of hydrogen-bond acceptors (Lipinski definition) is 12. The van der Waals surface area contributed by atoms with Gasteiger partial charge in [-0.15, -0.1) is 0 Å². The Morgan fingerprint density at radius 1 is 0.914 bits per heavy atom. The molecule has 5 N–H and O–H groups in total. The van der Waals surface area contributed by atoms with Gasteiger partial charge in [-0.1, -0.05) is 24.3 Å². The van der Waals surface area contributed by atoms with E-state index in [1.54, 1.807) is 19.4 Å². The van der Waals surface area contributed by atoms with Gasteiger partial charge in [0.05, 0.1) is 35.1 Å². The summed E-state index contributed by atoms with van der Waals surface area (Å²) in [7, 11) is 1.62. The largest absolute Gasteiger partial charge is 0.494 e. The van der Waals surface area contributed by atoms with Crippen LogP contribution in [0.4, 0.5) is 34.5 Å². The first-order chi connectivity index (χ1) is 28.2. The molecule has 4 heterocycles. The third-order valence-corrected chi connectivity index (χ3v) is 11.4. The first-order valence-electron chi connectivity index (χ1n) is 19.7. The molecule has 3 aliphatic heterocycles. The maximum Gasteiger partial charge on any atom is 0.253 e. The van der Waals surface area contributed by atoms with E-state index < -0.39 is 6.04 Å². The highest BCUT2D eigenvalue weighted by Gasteiger charge is 2.28. The van der Waals surface area contributed by atoms with Crippen molar-refractivity contribution in [2.45, 2.75) is 44.6 Å². The molecule has 1 aromatic heterocycles. The van der Waals surface area contributed by atoms with Crippen molar-refractivity contribution >= 4 is 74.1 Å². The van der Waals surface area contributed by atoms with Crippen molar-refractivity contribution in [2.24, 2.45) is 0 Å².